The van der Waals surface area contributed by atoms with Gasteiger partial charge in [-0.2, -0.15) is 9.57 Å². The number of nitriles is 1. The zero-order chi connectivity index (χ0) is 20.3. The minimum absolute atomic E-state index is 0.0113. The number of anilines is 1. The Labute approximate surface area is 169 Å². The zero-order valence-corrected chi connectivity index (χ0v) is 16.9. The molecule has 0 aliphatic carbocycles. The lowest BCUT2D eigenvalue weighted by molar-refractivity contribution is -0.120. The van der Waals surface area contributed by atoms with E-state index in [1.807, 2.05) is 13.0 Å². The third-order valence-corrected chi connectivity index (χ3v) is 7.09. The monoisotopic (exact) mass is 417 g/mol. The fourth-order valence-corrected chi connectivity index (χ4v) is 5.12. The lowest BCUT2D eigenvalue weighted by atomic mass is 9.97. The number of rotatable bonds is 4. The number of hydrogen-bond donors (Lipinski definition) is 1. The van der Waals surface area contributed by atoms with Gasteiger partial charge < -0.3 is 5.32 Å². The molecule has 0 saturated carbocycles. The minimum Gasteiger partial charge on any atom is -0.326 e. The van der Waals surface area contributed by atoms with Crippen molar-refractivity contribution < 1.29 is 13.2 Å². The molecule has 0 unspecified atom stereocenters. The van der Waals surface area contributed by atoms with Gasteiger partial charge in [0.05, 0.1) is 10.5 Å². The van der Waals surface area contributed by atoms with Gasteiger partial charge in [0.1, 0.15) is 6.07 Å². The van der Waals surface area contributed by atoms with Gasteiger partial charge in [-0.1, -0.05) is 23.7 Å². The van der Waals surface area contributed by atoms with Crippen molar-refractivity contribution in [3.8, 4) is 6.07 Å². The van der Waals surface area contributed by atoms with Crippen LogP contribution in [-0.2, 0) is 14.8 Å². The van der Waals surface area contributed by atoms with E-state index in [1.54, 1.807) is 30.3 Å². The molecule has 1 N–H and O–H groups in total. The molecule has 3 rings (SSSR count). The number of nitrogens with one attached hydrogen (secondary N) is 1. The molecule has 1 heterocycles. The summed E-state index contributed by atoms with van der Waals surface area (Å²) < 4.78 is 27.1. The molecule has 1 amide bonds. The van der Waals surface area contributed by atoms with Crippen LogP contribution < -0.4 is 5.32 Å². The number of carbonyl (C=O) groups is 1. The second-order valence-electron chi connectivity index (χ2n) is 6.73. The van der Waals surface area contributed by atoms with E-state index in [2.05, 4.69) is 5.32 Å². The Balaban J connectivity index is 1.67. The number of hydrogen-bond acceptors (Lipinski definition) is 4. The Bertz CT molecular complexity index is 1040. The Hall–Kier alpha value is -2.40. The molecule has 146 valence electrons. The SMILES string of the molecule is Cc1cc(Cl)ccc1NC(=O)C1CCN(S(=O)(=O)c2ccccc2C#N)CC1. The van der Waals surface area contributed by atoms with Crippen LogP contribution in [-0.4, -0.2) is 31.7 Å². The van der Waals surface area contributed by atoms with E-state index in [0.29, 0.717) is 23.6 Å². The van der Waals surface area contributed by atoms with E-state index in [1.165, 1.54) is 16.4 Å². The van der Waals surface area contributed by atoms with Crippen molar-refractivity contribution in [2.24, 2.45) is 5.92 Å². The molecule has 1 saturated heterocycles. The maximum absolute atomic E-state index is 12.9. The fraction of sp³-hybridized carbons (Fsp3) is 0.300. The van der Waals surface area contributed by atoms with Gasteiger partial charge in [-0.15, -0.1) is 0 Å². The molecule has 0 aromatic heterocycles. The number of sulfonamides is 1. The highest BCUT2D eigenvalue weighted by Crippen LogP contribution is 2.27. The molecule has 0 bridgehead atoms. The van der Waals surface area contributed by atoms with Crippen molar-refractivity contribution in [1.29, 1.82) is 5.26 Å². The van der Waals surface area contributed by atoms with Crippen LogP contribution >= 0.6 is 11.6 Å². The Morgan fingerprint density at radius 1 is 1.21 bits per heavy atom. The van der Waals surface area contributed by atoms with Gasteiger partial charge in [0.25, 0.3) is 0 Å². The van der Waals surface area contributed by atoms with Gasteiger partial charge in [-0.25, -0.2) is 8.42 Å². The van der Waals surface area contributed by atoms with Crippen molar-refractivity contribution in [3.63, 3.8) is 0 Å². The maximum atomic E-state index is 12.9. The summed E-state index contributed by atoms with van der Waals surface area (Å²) in [5.41, 5.74) is 1.70. The summed E-state index contributed by atoms with van der Waals surface area (Å²) in [6.45, 7) is 2.34. The number of nitrogens with zero attached hydrogens (tertiary/aromatic N) is 2. The van der Waals surface area contributed by atoms with Gasteiger partial charge in [-0.05, 0) is 55.7 Å². The first-order valence-electron chi connectivity index (χ1n) is 8.89. The predicted molar refractivity (Wildman–Crippen MR) is 107 cm³/mol. The molecule has 0 spiro atoms. The molecule has 2 aromatic rings. The number of benzene rings is 2. The highest BCUT2D eigenvalue weighted by molar-refractivity contribution is 7.89. The number of piperidine rings is 1. The number of aryl methyl sites for hydroxylation is 1. The van der Waals surface area contributed by atoms with E-state index in [9.17, 15) is 18.5 Å². The molecule has 1 fully saturated rings. The van der Waals surface area contributed by atoms with Crippen molar-refractivity contribution >= 4 is 33.2 Å². The Morgan fingerprint density at radius 2 is 1.89 bits per heavy atom. The van der Waals surface area contributed by atoms with Gasteiger partial charge in [0.2, 0.25) is 15.9 Å². The molecule has 28 heavy (non-hydrogen) atoms. The Morgan fingerprint density at radius 3 is 2.54 bits per heavy atom. The summed E-state index contributed by atoms with van der Waals surface area (Å²) in [6, 6.07) is 13.3. The van der Waals surface area contributed by atoms with Crippen LogP contribution in [0.2, 0.25) is 5.02 Å². The van der Waals surface area contributed by atoms with Crippen LogP contribution in [0.4, 0.5) is 5.69 Å². The van der Waals surface area contributed by atoms with Gasteiger partial charge in [0.15, 0.2) is 0 Å². The summed E-state index contributed by atoms with van der Waals surface area (Å²) >= 11 is 5.94. The highest BCUT2D eigenvalue weighted by atomic mass is 35.5. The second-order valence-corrected chi connectivity index (χ2v) is 9.08. The first-order chi connectivity index (χ1) is 13.3. The van der Waals surface area contributed by atoms with E-state index < -0.39 is 10.0 Å². The lowest BCUT2D eigenvalue weighted by Crippen LogP contribution is -2.41. The first kappa shape index (κ1) is 20.3. The minimum atomic E-state index is -3.76. The van der Waals surface area contributed by atoms with E-state index >= 15 is 0 Å². The summed E-state index contributed by atoms with van der Waals surface area (Å²) in [5, 5.41) is 12.7. The first-order valence-corrected chi connectivity index (χ1v) is 10.7. The standard InChI is InChI=1S/C20H20ClN3O3S/c1-14-12-17(21)6-7-18(14)23-20(25)15-8-10-24(11-9-15)28(26,27)19-5-3-2-4-16(19)13-22/h2-7,12,15H,8-11H2,1H3,(H,23,25). The number of amides is 1. The molecule has 2 aromatic carbocycles. The maximum Gasteiger partial charge on any atom is 0.244 e. The number of halogens is 1. The van der Waals surface area contributed by atoms with Crippen LogP contribution in [0.15, 0.2) is 47.4 Å². The van der Waals surface area contributed by atoms with Crippen LogP contribution in [0.3, 0.4) is 0 Å². The summed E-state index contributed by atoms with van der Waals surface area (Å²) in [6.07, 6.45) is 0.846. The fourth-order valence-electron chi connectivity index (χ4n) is 3.28. The van der Waals surface area contributed by atoms with E-state index in [0.717, 1.165) is 5.56 Å². The van der Waals surface area contributed by atoms with E-state index in [4.69, 9.17) is 11.6 Å². The zero-order valence-electron chi connectivity index (χ0n) is 15.4. The van der Waals surface area contributed by atoms with Crippen molar-refractivity contribution in [3.05, 3.63) is 58.6 Å². The van der Waals surface area contributed by atoms with Gasteiger partial charge in [-0.3, -0.25) is 4.79 Å². The average molecular weight is 418 g/mol. The topological polar surface area (TPSA) is 90.3 Å². The summed E-state index contributed by atoms with van der Waals surface area (Å²) in [5.74, 6) is -0.396. The molecular weight excluding hydrogens is 398 g/mol. The molecule has 8 heteroatoms. The molecule has 1 aliphatic heterocycles. The summed E-state index contributed by atoms with van der Waals surface area (Å²) in [7, 11) is -3.76. The van der Waals surface area contributed by atoms with Gasteiger partial charge in [0, 0.05) is 29.7 Å². The third-order valence-electron chi connectivity index (χ3n) is 4.90. The number of carbonyl (C=O) groups excluding carboxylic acids is 1. The largest absolute Gasteiger partial charge is 0.326 e. The highest BCUT2D eigenvalue weighted by Gasteiger charge is 2.33. The van der Waals surface area contributed by atoms with Crippen LogP contribution in [0.1, 0.15) is 24.0 Å². The lowest BCUT2D eigenvalue weighted by Gasteiger charge is -2.30. The molecular formula is C20H20ClN3O3S. The van der Waals surface area contributed by atoms with Gasteiger partial charge >= 0.3 is 0 Å². The summed E-state index contributed by atoms with van der Waals surface area (Å²) in [4.78, 5) is 12.6. The van der Waals surface area contributed by atoms with Crippen LogP contribution in [0, 0.1) is 24.2 Å². The smallest absolute Gasteiger partial charge is 0.244 e. The molecule has 0 radical (unpaired) electrons. The molecule has 6 nitrogen and oxygen atoms in total. The third kappa shape index (κ3) is 4.20. The van der Waals surface area contributed by atoms with Crippen molar-refractivity contribution in [1.82, 2.24) is 4.31 Å². The second kappa shape index (κ2) is 8.31. The molecule has 1 aliphatic rings. The van der Waals surface area contributed by atoms with Crippen LogP contribution in [0.25, 0.3) is 0 Å². The van der Waals surface area contributed by atoms with Crippen molar-refractivity contribution in [2.75, 3.05) is 18.4 Å². The van der Waals surface area contributed by atoms with E-state index in [-0.39, 0.29) is 35.4 Å². The molecule has 0 atom stereocenters. The normalized spacial score (nSPS) is 15.8. The van der Waals surface area contributed by atoms with Crippen LogP contribution in [0.5, 0.6) is 0 Å². The quantitative estimate of drug-likeness (QED) is 0.823. The average Bonchev–Trinajstić information content (AvgIpc) is 2.70. The van der Waals surface area contributed by atoms with Crippen molar-refractivity contribution in [2.45, 2.75) is 24.7 Å². The predicted octanol–water partition coefficient (Wildman–Crippen LogP) is 3.56. The Kier molecular flexibility index (Phi) is 6.04.